The summed E-state index contributed by atoms with van der Waals surface area (Å²) < 4.78 is 0. The van der Waals surface area contributed by atoms with Crippen molar-refractivity contribution >= 4 is 32.7 Å². The van der Waals surface area contributed by atoms with Gasteiger partial charge in [0.05, 0.1) is 22.5 Å². The van der Waals surface area contributed by atoms with E-state index in [2.05, 4.69) is 19.9 Å². The first-order valence-electron chi connectivity index (χ1n) is 4.32. The Bertz CT molecular complexity index is 622. The molecule has 3 aromatic rings. The van der Waals surface area contributed by atoms with E-state index in [4.69, 9.17) is 0 Å². The number of pyridine rings is 1. The first kappa shape index (κ1) is 7.87. The summed E-state index contributed by atoms with van der Waals surface area (Å²) in [4.78, 5) is 17.2. The molecule has 0 atom stereocenters. The summed E-state index contributed by atoms with van der Waals surface area (Å²) in [7, 11) is 0. The van der Waals surface area contributed by atoms with E-state index in [9.17, 15) is 0 Å². The van der Waals surface area contributed by atoms with Crippen LogP contribution in [0.5, 0.6) is 0 Å². The van der Waals surface area contributed by atoms with E-state index >= 15 is 0 Å². The molecule has 0 amide bonds. The van der Waals surface area contributed by atoms with Crippen LogP contribution in [0.2, 0.25) is 0 Å². The predicted octanol–water partition coefficient (Wildman–Crippen LogP) is 2.18. The molecular weight excluding hydrogens is 196 g/mol. The van der Waals surface area contributed by atoms with E-state index in [1.165, 1.54) is 0 Å². The predicted molar refractivity (Wildman–Crippen MR) is 56.5 cm³/mol. The Morgan fingerprint density at radius 3 is 2.93 bits per heavy atom. The van der Waals surface area contributed by atoms with Crippen LogP contribution in [0.25, 0.3) is 21.4 Å². The van der Waals surface area contributed by atoms with Gasteiger partial charge in [-0.1, -0.05) is 11.3 Å². The van der Waals surface area contributed by atoms with Gasteiger partial charge in [0.2, 0.25) is 0 Å². The van der Waals surface area contributed by atoms with E-state index < -0.39 is 0 Å². The summed E-state index contributed by atoms with van der Waals surface area (Å²) in [5.41, 5.74) is 3.81. The second-order valence-electron chi connectivity index (χ2n) is 3.21. The maximum Gasteiger partial charge on any atom is 0.146 e. The SMILES string of the molecule is Cc1nc2c(nc(C)c3nc[nH]c32)s1. The molecule has 5 heteroatoms. The van der Waals surface area contributed by atoms with Gasteiger partial charge in [-0.05, 0) is 13.8 Å². The van der Waals surface area contributed by atoms with Crippen molar-refractivity contribution in [2.24, 2.45) is 0 Å². The summed E-state index contributed by atoms with van der Waals surface area (Å²) >= 11 is 1.61. The number of thiazole rings is 1. The van der Waals surface area contributed by atoms with Crippen molar-refractivity contribution in [3.8, 4) is 0 Å². The third-order valence-electron chi connectivity index (χ3n) is 2.20. The Morgan fingerprint density at radius 1 is 1.21 bits per heavy atom. The average molecular weight is 204 g/mol. The minimum atomic E-state index is 0.919. The van der Waals surface area contributed by atoms with Crippen LogP contribution in [0.4, 0.5) is 0 Å². The molecule has 0 aliphatic heterocycles. The van der Waals surface area contributed by atoms with Gasteiger partial charge in [-0.25, -0.2) is 15.0 Å². The van der Waals surface area contributed by atoms with Crippen molar-refractivity contribution in [2.75, 3.05) is 0 Å². The van der Waals surface area contributed by atoms with Crippen LogP contribution in [-0.4, -0.2) is 19.9 Å². The molecule has 0 bridgehead atoms. The van der Waals surface area contributed by atoms with Gasteiger partial charge in [0, 0.05) is 0 Å². The minimum Gasteiger partial charge on any atom is -0.343 e. The van der Waals surface area contributed by atoms with Crippen molar-refractivity contribution in [1.82, 2.24) is 19.9 Å². The number of nitrogens with one attached hydrogen (secondary N) is 1. The summed E-state index contributed by atoms with van der Waals surface area (Å²) in [6, 6.07) is 0. The largest absolute Gasteiger partial charge is 0.343 e. The van der Waals surface area contributed by atoms with Crippen molar-refractivity contribution < 1.29 is 0 Å². The van der Waals surface area contributed by atoms with Crippen molar-refractivity contribution in [3.05, 3.63) is 17.0 Å². The molecular formula is C9H8N4S. The van der Waals surface area contributed by atoms with Gasteiger partial charge in [-0.3, -0.25) is 0 Å². The molecule has 1 N–H and O–H groups in total. The Hall–Kier alpha value is -1.49. The van der Waals surface area contributed by atoms with Gasteiger partial charge >= 0.3 is 0 Å². The van der Waals surface area contributed by atoms with Gasteiger partial charge in [0.15, 0.2) is 0 Å². The molecule has 3 aromatic heterocycles. The van der Waals surface area contributed by atoms with Crippen molar-refractivity contribution in [1.29, 1.82) is 0 Å². The number of H-pyrrole nitrogens is 1. The van der Waals surface area contributed by atoms with Crippen LogP contribution in [0.3, 0.4) is 0 Å². The normalized spacial score (nSPS) is 11.6. The third kappa shape index (κ3) is 0.899. The van der Waals surface area contributed by atoms with E-state index in [1.54, 1.807) is 17.7 Å². The number of aromatic nitrogens is 4. The molecule has 0 unspecified atom stereocenters. The second-order valence-corrected chi connectivity index (χ2v) is 4.39. The molecule has 3 heterocycles. The quantitative estimate of drug-likeness (QED) is 0.610. The number of hydrogen-bond acceptors (Lipinski definition) is 4. The zero-order valence-corrected chi connectivity index (χ0v) is 8.64. The van der Waals surface area contributed by atoms with Crippen LogP contribution in [0.1, 0.15) is 10.7 Å². The van der Waals surface area contributed by atoms with E-state index in [1.807, 2.05) is 13.8 Å². The zero-order valence-electron chi connectivity index (χ0n) is 7.83. The summed E-state index contributed by atoms with van der Waals surface area (Å²) in [5, 5.41) is 1.04. The number of fused-ring (bicyclic) bond motifs is 3. The lowest BCUT2D eigenvalue weighted by atomic mass is 10.3. The highest BCUT2D eigenvalue weighted by Crippen LogP contribution is 2.26. The van der Waals surface area contributed by atoms with Crippen LogP contribution < -0.4 is 0 Å². The van der Waals surface area contributed by atoms with Crippen LogP contribution >= 0.6 is 11.3 Å². The number of nitrogens with zero attached hydrogens (tertiary/aromatic N) is 3. The maximum atomic E-state index is 4.47. The molecule has 0 saturated carbocycles. The number of aryl methyl sites for hydroxylation is 2. The van der Waals surface area contributed by atoms with Gasteiger partial charge in [-0.15, -0.1) is 0 Å². The fraction of sp³-hybridized carbons (Fsp3) is 0.222. The molecule has 14 heavy (non-hydrogen) atoms. The number of hydrogen-bond donors (Lipinski definition) is 1. The molecule has 3 rings (SSSR count). The molecule has 0 aliphatic rings. The van der Waals surface area contributed by atoms with Crippen LogP contribution in [0, 0.1) is 13.8 Å². The van der Waals surface area contributed by atoms with Crippen LogP contribution in [0.15, 0.2) is 6.33 Å². The zero-order chi connectivity index (χ0) is 9.71. The van der Waals surface area contributed by atoms with Gasteiger partial charge in [0.25, 0.3) is 0 Å². The van der Waals surface area contributed by atoms with Crippen molar-refractivity contribution in [2.45, 2.75) is 13.8 Å². The lowest BCUT2D eigenvalue weighted by molar-refractivity contribution is 1.26. The van der Waals surface area contributed by atoms with E-state index in [-0.39, 0.29) is 0 Å². The summed E-state index contributed by atoms with van der Waals surface area (Å²) in [5.74, 6) is 0. The Labute approximate surface area is 84.0 Å². The summed E-state index contributed by atoms with van der Waals surface area (Å²) in [6.45, 7) is 3.96. The van der Waals surface area contributed by atoms with E-state index in [0.29, 0.717) is 0 Å². The first-order valence-corrected chi connectivity index (χ1v) is 5.14. The van der Waals surface area contributed by atoms with Gasteiger partial charge < -0.3 is 4.98 Å². The Balaban J connectivity index is 2.64. The third-order valence-corrected chi connectivity index (χ3v) is 3.07. The molecule has 0 spiro atoms. The Kier molecular flexibility index (Phi) is 1.41. The topological polar surface area (TPSA) is 54.5 Å². The number of rotatable bonds is 0. The average Bonchev–Trinajstić information content (AvgIpc) is 2.69. The number of imidazole rings is 1. The fourth-order valence-electron chi connectivity index (χ4n) is 1.61. The first-order chi connectivity index (χ1) is 6.75. The molecule has 4 nitrogen and oxygen atoms in total. The van der Waals surface area contributed by atoms with Gasteiger partial charge in [-0.2, -0.15) is 0 Å². The molecule has 0 radical (unpaired) electrons. The lowest BCUT2D eigenvalue weighted by Gasteiger charge is -1.93. The monoisotopic (exact) mass is 204 g/mol. The molecule has 0 saturated heterocycles. The summed E-state index contributed by atoms with van der Waals surface area (Å²) in [6.07, 6.45) is 1.69. The smallest absolute Gasteiger partial charge is 0.146 e. The molecule has 0 aliphatic carbocycles. The highest BCUT2D eigenvalue weighted by Gasteiger charge is 2.10. The van der Waals surface area contributed by atoms with Crippen LogP contribution in [-0.2, 0) is 0 Å². The van der Waals surface area contributed by atoms with E-state index in [0.717, 1.165) is 32.1 Å². The standard InChI is InChI=1S/C9H8N4S/c1-4-6-7(11-3-10-6)8-9(12-4)14-5(2)13-8/h3H,1-2H3,(H,10,11). The lowest BCUT2D eigenvalue weighted by Crippen LogP contribution is -1.84. The van der Waals surface area contributed by atoms with Crippen molar-refractivity contribution in [3.63, 3.8) is 0 Å². The maximum absolute atomic E-state index is 4.47. The van der Waals surface area contributed by atoms with Gasteiger partial charge in [0.1, 0.15) is 15.9 Å². The molecule has 0 aromatic carbocycles. The highest BCUT2D eigenvalue weighted by molar-refractivity contribution is 7.18. The number of aromatic amines is 1. The Morgan fingerprint density at radius 2 is 2.07 bits per heavy atom. The fourth-order valence-corrected chi connectivity index (χ4v) is 2.45. The second kappa shape index (κ2) is 2.51. The highest BCUT2D eigenvalue weighted by atomic mass is 32.1. The molecule has 70 valence electrons. The molecule has 0 fully saturated rings. The minimum absolute atomic E-state index is 0.919.